The molecule has 0 bridgehead atoms. The zero-order valence-corrected chi connectivity index (χ0v) is 12.5. The topological polar surface area (TPSA) is 89.7 Å². The first kappa shape index (κ1) is 15.5. The normalized spacial score (nSPS) is 17.2. The van der Waals surface area contributed by atoms with Crippen LogP contribution in [0.4, 0.5) is 11.5 Å². The van der Waals surface area contributed by atoms with E-state index in [9.17, 15) is 4.79 Å². The van der Waals surface area contributed by atoms with Gasteiger partial charge in [-0.25, -0.2) is 9.78 Å². The summed E-state index contributed by atoms with van der Waals surface area (Å²) in [7, 11) is 1.33. The number of aromatic nitrogens is 1. The van der Waals surface area contributed by atoms with Gasteiger partial charge in [0.15, 0.2) is 5.69 Å². The van der Waals surface area contributed by atoms with Crippen molar-refractivity contribution in [3.63, 3.8) is 0 Å². The molecule has 1 aromatic heterocycles. The highest BCUT2D eigenvalue weighted by Gasteiger charge is 2.16. The fourth-order valence-corrected chi connectivity index (χ4v) is 2.25. The first-order chi connectivity index (χ1) is 10.1. The van der Waals surface area contributed by atoms with Gasteiger partial charge < -0.3 is 20.5 Å². The van der Waals surface area contributed by atoms with Crippen LogP contribution in [0, 0.1) is 0 Å². The van der Waals surface area contributed by atoms with Crippen LogP contribution in [0.3, 0.4) is 0 Å². The lowest BCUT2D eigenvalue weighted by Crippen LogP contribution is -2.42. The number of esters is 1. The number of carbonyl (C=O) groups is 1. The second-order valence-electron chi connectivity index (χ2n) is 5.08. The van der Waals surface area contributed by atoms with Crippen LogP contribution in [0.5, 0.6) is 0 Å². The Hall–Kier alpha value is -1.86. The van der Waals surface area contributed by atoms with Crippen LogP contribution in [0.25, 0.3) is 0 Å². The van der Waals surface area contributed by atoms with Crippen molar-refractivity contribution in [1.29, 1.82) is 0 Å². The van der Waals surface area contributed by atoms with Crippen molar-refractivity contribution >= 4 is 17.5 Å². The Morgan fingerprint density at radius 1 is 1.52 bits per heavy atom. The number of nitrogen functional groups attached to an aromatic ring is 1. The number of carbonyl (C=O) groups excluding carboxylic acids is 1. The lowest BCUT2D eigenvalue weighted by Gasteiger charge is -2.29. The zero-order chi connectivity index (χ0) is 15.2. The highest BCUT2D eigenvalue weighted by molar-refractivity contribution is 5.88. The molecule has 116 valence electrons. The van der Waals surface area contributed by atoms with Crippen LogP contribution in [-0.2, 0) is 9.47 Å². The van der Waals surface area contributed by atoms with E-state index in [1.165, 1.54) is 7.11 Å². The predicted molar refractivity (Wildman–Crippen MR) is 80.3 cm³/mol. The third kappa shape index (κ3) is 4.30. The van der Waals surface area contributed by atoms with E-state index in [2.05, 4.69) is 26.9 Å². The van der Waals surface area contributed by atoms with Crippen molar-refractivity contribution in [3.8, 4) is 0 Å². The summed E-state index contributed by atoms with van der Waals surface area (Å²) in [5.41, 5.74) is 6.66. The second-order valence-corrected chi connectivity index (χ2v) is 5.08. The fourth-order valence-electron chi connectivity index (χ4n) is 2.25. The minimum atomic E-state index is -0.473. The molecule has 2 rings (SSSR count). The third-order valence-corrected chi connectivity index (χ3v) is 3.34. The Balaban J connectivity index is 1.98. The van der Waals surface area contributed by atoms with Crippen molar-refractivity contribution in [2.24, 2.45) is 0 Å². The maximum atomic E-state index is 11.5. The average molecular weight is 294 g/mol. The molecule has 0 aliphatic carbocycles. The van der Waals surface area contributed by atoms with E-state index in [1.807, 2.05) is 0 Å². The molecule has 0 radical (unpaired) electrons. The number of morpholine rings is 1. The Morgan fingerprint density at radius 2 is 2.24 bits per heavy atom. The van der Waals surface area contributed by atoms with Crippen molar-refractivity contribution in [2.75, 3.05) is 51.0 Å². The summed E-state index contributed by atoms with van der Waals surface area (Å²) in [6.45, 7) is 6.32. The number of pyridine rings is 1. The van der Waals surface area contributed by atoms with Crippen LogP contribution >= 0.6 is 0 Å². The number of nitrogens with zero attached hydrogens (tertiary/aromatic N) is 2. The minimum absolute atomic E-state index is 0.158. The highest BCUT2D eigenvalue weighted by atomic mass is 16.5. The van der Waals surface area contributed by atoms with E-state index in [-0.39, 0.29) is 11.7 Å². The molecule has 21 heavy (non-hydrogen) atoms. The summed E-state index contributed by atoms with van der Waals surface area (Å²) in [5.74, 6) is 0.0394. The summed E-state index contributed by atoms with van der Waals surface area (Å²) in [6.07, 6.45) is 0. The zero-order valence-electron chi connectivity index (χ0n) is 12.5. The van der Waals surface area contributed by atoms with Gasteiger partial charge in [0.2, 0.25) is 0 Å². The van der Waals surface area contributed by atoms with Crippen molar-refractivity contribution < 1.29 is 14.3 Å². The summed E-state index contributed by atoms with van der Waals surface area (Å²) in [5, 5.41) is 3.25. The molecule has 7 heteroatoms. The first-order valence-corrected chi connectivity index (χ1v) is 7.01. The van der Waals surface area contributed by atoms with Gasteiger partial charge in [-0.05, 0) is 19.1 Å². The molecule has 0 amide bonds. The van der Waals surface area contributed by atoms with Crippen LogP contribution in [0.15, 0.2) is 12.1 Å². The molecule has 1 aliphatic rings. The molecular weight excluding hydrogens is 272 g/mol. The number of nitrogens with two attached hydrogens (primary N) is 1. The summed E-state index contributed by atoms with van der Waals surface area (Å²) >= 11 is 0. The maximum absolute atomic E-state index is 11.5. The molecule has 0 aromatic carbocycles. The van der Waals surface area contributed by atoms with E-state index in [0.29, 0.717) is 11.5 Å². The molecule has 3 N–H and O–H groups in total. The van der Waals surface area contributed by atoms with Gasteiger partial charge in [0.25, 0.3) is 0 Å². The number of hydrogen-bond acceptors (Lipinski definition) is 7. The fraction of sp³-hybridized carbons (Fsp3) is 0.571. The molecule has 0 spiro atoms. The van der Waals surface area contributed by atoms with Gasteiger partial charge in [0, 0.05) is 25.7 Å². The highest BCUT2D eigenvalue weighted by Crippen LogP contribution is 2.17. The molecule has 1 aliphatic heterocycles. The van der Waals surface area contributed by atoms with Gasteiger partial charge in [0.1, 0.15) is 5.82 Å². The van der Waals surface area contributed by atoms with Crippen LogP contribution < -0.4 is 11.1 Å². The van der Waals surface area contributed by atoms with Crippen molar-refractivity contribution in [1.82, 2.24) is 9.88 Å². The summed E-state index contributed by atoms with van der Waals surface area (Å²) in [6, 6.07) is 3.37. The van der Waals surface area contributed by atoms with Crippen molar-refractivity contribution in [2.45, 2.75) is 13.0 Å². The Bertz CT molecular complexity index is 489. The SMILES string of the molecule is COC(=O)c1ccc(N)c(NC(C)CN2CCOCC2)n1. The molecule has 2 heterocycles. The number of rotatable bonds is 5. The first-order valence-electron chi connectivity index (χ1n) is 7.01. The lowest BCUT2D eigenvalue weighted by atomic mass is 10.2. The van der Waals surface area contributed by atoms with Gasteiger partial charge >= 0.3 is 5.97 Å². The minimum Gasteiger partial charge on any atom is -0.464 e. The molecule has 1 fully saturated rings. The van der Waals surface area contributed by atoms with E-state index in [0.717, 1.165) is 32.8 Å². The quantitative estimate of drug-likeness (QED) is 0.768. The second kappa shape index (κ2) is 7.24. The number of ether oxygens (including phenoxy) is 2. The van der Waals surface area contributed by atoms with Crippen LogP contribution in [-0.4, -0.2) is 61.9 Å². The van der Waals surface area contributed by atoms with E-state index >= 15 is 0 Å². The predicted octanol–water partition coefficient (Wildman–Crippen LogP) is 0.583. The lowest BCUT2D eigenvalue weighted by molar-refractivity contribution is 0.0368. The molecule has 7 nitrogen and oxygen atoms in total. The van der Waals surface area contributed by atoms with Gasteiger partial charge in [-0.1, -0.05) is 0 Å². The number of hydrogen-bond donors (Lipinski definition) is 2. The summed E-state index contributed by atoms with van der Waals surface area (Å²) < 4.78 is 9.99. The van der Waals surface area contributed by atoms with Crippen LogP contribution in [0.1, 0.15) is 17.4 Å². The number of anilines is 2. The molecule has 1 saturated heterocycles. The maximum Gasteiger partial charge on any atom is 0.356 e. The molecule has 1 unspecified atom stereocenters. The van der Waals surface area contributed by atoms with Gasteiger partial charge in [0.05, 0.1) is 26.0 Å². The van der Waals surface area contributed by atoms with Crippen LogP contribution in [0.2, 0.25) is 0 Å². The number of nitrogens with one attached hydrogen (secondary N) is 1. The van der Waals surface area contributed by atoms with Crippen molar-refractivity contribution in [3.05, 3.63) is 17.8 Å². The van der Waals surface area contributed by atoms with E-state index < -0.39 is 5.97 Å². The standard InChI is InChI=1S/C14H22N4O3/c1-10(9-18-5-7-21-8-6-18)16-13-11(15)3-4-12(17-13)14(19)20-2/h3-4,10H,5-9,15H2,1-2H3,(H,16,17). The average Bonchev–Trinajstić information content (AvgIpc) is 2.49. The van der Waals surface area contributed by atoms with E-state index in [1.54, 1.807) is 12.1 Å². The Kier molecular flexibility index (Phi) is 5.35. The van der Waals surface area contributed by atoms with E-state index in [4.69, 9.17) is 10.5 Å². The van der Waals surface area contributed by atoms with Gasteiger partial charge in [-0.3, -0.25) is 4.90 Å². The van der Waals surface area contributed by atoms with Gasteiger partial charge in [-0.2, -0.15) is 0 Å². The third-order valence-electron chi connectivity index (χ3n) is 3.34. The molecule has 1 atom stereocenters. The Labute approximate surface area is 124 Å². The molecular formula is C14H22N4O3. The van der Waals surface area contributed by atoms with Gasteiger partial charge in [-0.15, -0.1) is 0 Å². The molecule has 0 saturated carbocycles. The largest absolute Gasteiger partial charge is 0.464 e. The Morgan fingerprint density at radius 3 is 2.90 bits per heavy atom. The number of methoxy groups -OCH3 is 1. The smallest absolute Gasteiger partial charge is 0.356 e. The molecule has 1 aromatic rings. The summed E-state index contributed by atoms with van der Waals surface area (Å²) in [4.78, 5) is 18.0. The monoisotopic (exact) mass is 294 g/mol.